The number of carbonyl (C=O) groups is 1. The van der Waals surface area contributed by atoms with Crippen molar-refractivity contribution in [3.8, 4) is 11.5 Å². The fourth-order valence-electron chi connectivity index (χ4n) is 2.88. The molecule has 1 aromatic heterocycles. The Hall–Kier alpha value is -2.19. The van der Waals surface area contributed by atoms with Crippen LogP contribution >= 0.6 is 0 Å². The SMILES string of the molecule is Cc1oc(-c2ccccc2)nc1CC(=O)NS(=O)(=O)CC1CCCCO1. The van der Waals surface area contributed by atoms with Crippen molar-refractivity contribution in [2.75, 3.05) is 12.4 Å². The lowest BCUT2D eigenvalue weighted by Crippen LogP contribution is -2.39. The fraction of sp³-hybridized carbons (Fsp3) is 0.444. The highest BCUT2D eigenvalue weighted by molar-refractivity contribution is 7.90. The Balaban J connectivity index is 1.62. The lowest BCUT2D eigenvalue weighted by atomic mass is 10.1. The number of aryl methyl sites for hydroxylation is 1. The number of carbonyl (C=O) groups excluding carboxylic acids is 1. The molecule has 1 N–H and O–H groups in total. The van der Waals surface area contributed by atoms with Gasteiger partial charge >= 0.3 is 0 Å². The first-order chi connectivity index (χ1) is 12.4. The van der Waals surface area contributed by atoms with Crippen LogP contribution in [0.15, 0.2) is 34.7 Å². The van der Waals surface area contributed by atoms with Crippen LogP contribution in [0.1, 0.15) is 30.7 Å². The molecule has 26 heavy (non-hydrogen) atoms. The summed E-state index contributed by atoms with van der Waals surface area (Å²) in [5.41, 5.74) is 1.22. The van der Waals surface area contributed by atoms with Gasteiger partial charge in [0.05, 0.1) is 24.0 Å². The fourth-order valence-corrected chi connectivity index (χ4v) is 4.14. The van der Waals surface area contributed by atoms with Gasteiger partial charge in [0.15, 0.2) is 0 Å². The van der Waals surface area contributed by atoms with E-state index in [1.165, 1.54) is 0 Å². The monoisotopic (exact) mass is 378 g/mol. The number of nitrogens with one attached hydrogen (secondary N) is 1. The van der Waals surface area contributed by atoms with E-state index in [-0.39, 0.29) is 18.3 Å². The third kappa shape index (κ3) is 4.92. The molecule has 1 amide bonds. The largest absolute Gasteiger partial charge is 0.441 e. The first-order valence-electron chi connectivity index (χ1n) is 8.59. The smallest absolute Gasteiger partial charge is 0.239 e. The van der Waals surface area contributed by atoms with Crippen LogP contribution in [0.4, 0.5) is 0 Å². The Kier molecular flexibility index (Phi) is 5.73. The van der Waals surface area contributed by atoms with Crippen LogP contribution in [0, 0.1) is 6.92 Å². The van der Waals surface area contributed by atoms with Gasteiger partial charge in [-0.2, -0.15) is 0 Å². The summed E-state index contributed by atoms with van der Waals surface area (Å²) < 4.78 is 37.4. The van der Waals surface area contributed by atoms with Crippen molar-refractivity contribution in [1.29, 1.82) is 0 Å². The second-order valence-electron chi connectivity index (χ2n) is 6.36. The molecule has 1 fully saturated rings. The predicted octanol–water partition coefficient (Wildman–Crippen LogP) is 2.21. The molecule has 1 aromatic carbocycles. The number of rotatable bonds is 6. The molecule has 0 aliphatic carbocycles. The molecule has 0 spiro atoms. The van der Waals surface area contributed by atoms with Crippen LogP contribution in [0.2, 0.25) is 0 Å². The number of ether oxygens (including phenoxy) is 1. The summed E-state index contributed by atoms with van der Waals surface area (Å²) in [4.78, 5) is 16.5. The van der Waals surface area contributed by atoms with Crippen molar-refractivity contribution >= 4 is 15.9 Å². The van der Waals surface area contributed by atoms with E-state index in [1.54, 1.807) is 6.92 Å². The second kappa shape index (κ2) is 8.01. The molecule has 2 aromatic rings. The predicted molar refractivity (Wildman–Crippen MR) is 95.9 cm³/mol. The Labute approximate surface area is 152 Å². The van der Waals surface area contributed by atoms with Crippen LogP contribution in [0.5, 0.6) is 0 Å². The Morgan fingerprint density at radius 1 is 1.27 bits per heavy atom. The number of oxazole rings is 1. The number of amides is 1. The lowest BCUT2D eigenvalue weighted by Gasteiger charge is -2.22. The molecule has 0 saturated carbocycles. The lowest BCUT2D eigenvalue weighted by molar-refractivity contribution is -0.118. The van der Waals surface area contributed by atoms with Crippen molar-refractivity contribution in [3.63, 3.8) is 0 Å². The van der Waals surface area contributed by atoms with Crippen molar-refractivity contribution < 1.29 is 22.4 Å². The quantitative estimate of drug-likeness (QED) is 0.827. The van der Waals surface area contributed by atoms with Gasteiger partial charge in [0.1, 0.15) is 5.76 Å². The molecular weight excluding hydrogens is 356 g/mol. The molecule has 2 heterocycles. The van der Waals surface area contributed by atoms with Crippen LogP contribution in [0.3, 0.4) is 0 Å². The van der Waals surface area contributed by atoms with Gasteiger partial charge in [0, 0.05) is 12.2 Å². The first kappa shape index (κ1) is 18.6. The summed E-state index contributed by atoms with van der Waals surface area (Å²) in [5.74, 6) is 0.0689. The van der Waals surface area contributed by atoms with Crippen LogP contribution in [-0.2, 0) is 26.0 Å². The number of hydrogen-bond acceptors (Lipinski definition) is 6. The maximum Gasteiger partial charge on any atom is 0.239 e. The van der Waals surface area contributed by atoms with Gasteiger partial charge in [-0.05, 0) is 38.3 Å². The highest BCUT2D eigenvalue weighted by atomic mass is 32.2. The summed E-state index contributed by atoms with van der Waals surface area (Å²) in [5, 5.41) is 0. The van der Waals surface area contributed by atoms with E-state index in [0.29, 0.717) is 30.4 Å². The van der Waals surface area contributed by atoms with E-state index < -0.39 is 15.9 Å². The first-order valence-corrected chi connectivity index (χ1v) is 10.2. The topological polar surface area (TPSA) is 98.5 Å². The normalized spacial score (nSPS) is 17.8. The zero-order chi connectivity index (χ0) is 18.6. The van der Waals surface area contributed by atoms with E-state index >= 15 is 0 Å². The minimum atomic E-state index is -3.74. The van der Waals surface area contributed by atoms with Gasteiger partial charge in [-0.15, -0.1) is 0 Å². The number of hydrogen-bond donors (Lipinski definition) is 1. The Morgan fingerprint density at radius 3 is 2.73 bits per heavy atom. The average molecular weight is 378 g/mol. The highest BCUT2D eigenvalue weighted by Gasteiger charge is 2.24. The van der Waals surface area contributed by atoms with Gasteiger partial charge in [-0.3, -0.25) is 9.52 Å². The molecule has 1 saturated heterocycles. The van der Waals surface area contributed by atoms with Gasteiger partial charge < -0.3 is 9.15 Å². The van der Waals surface area contributed by atoms with Gasteiger partial charge in [-0.1, -0.05) is 18.2 Å². The summed E-state index contributed by atoms with van der Waals surface area (Å²) in [6, 6.07) is 9.31. The number of sulfonamides is 1. The molecule has 0 bridgehead atoms. The molecule has 1 aliphatic heterocycles. The molecule has 1 aliphatic rings. The summed E-state index contributed by atoms with van der Waals surface area (Å²) in [7, 11) is -3.74. The third-order valence-corrected chi connectivity index (χ3v) is 5.54. The maximum absolute atomic E-state index is 12.2. The third-order valence-electron chi connectivity index (χ3n) is 4.19. The van der Waals surface area contributed by atoms with E-state index in [4.69, 9.17) is 9.15 Å². The number of aromatic nitrogens is 1. The minimum absolute atomic E-state index is 0.160. The van der Waals surface area contributed by atoms with Gasteiger partial charge in [-0.25, -0.2) is 13.4 Å². The Morgan fingerprint density at radius 2 is 2.04 bits per heavy atom. The van der Waals surface area contributed by atoms with E-state index in [0.717, 1.165) is 18.4 Å². The molecule has 3 rings (SSSR count). The minimum Gasteiger partial charge on any atom is -0.441 e. The molecule has 1 unspecified atom stereocenters. The number of nitrogens with zero attached hydrogens (tertiary/aromatic N) is 1. The van der Waals surface area contributed by atoms with E-state index in [2.05, 4.69) is 9.71 Å². The molecule has 8 heteroatoms. The Bertz CT molecular complexity index is 855. The summed E-state index contributed by atoms with van der Waals surface area (Å²) >= 11 is 0. The second-order valence-corrected chi connectivity index (χ2v) is 8.13. The molecule has 0 radical (unpaired) electrons. The number of benzene rings is 1. The molecular formula is C18H22N2O5S. The van der Waals surface area contributed by atoms with Crippen LogP contribution in [0.25, 0.3) is 11.5 Å². The standard InChI is InChI=1S/C18H22N2O5S/c1-13-16(19-18(25-13)14-7-3-2-4-8-14)11-17(21)20-26(22,23)12-15-9-5-6-10-24-15/h2-4,7-8,15H,5-6,9-12H2,1H3,(H,20,21). The zero-order valence-corrected chi connectivity index (χ0v) is 15.4. The van der Waals surface area contributed by atoms with E-state index in [9.17, 15) is 13.2 Å². The van der Waals surface area contributed by atoms with Crippen molar-refractivity contribution in [3.05, 3.63) is 41.8 Å². The van der Waals surface area contributed by atoms with Crippen molar-refractivity contribution in [2.24, 2.45) is 0 Å². The maximum atomic E-state index is 12.2. The van der Waals surface area contributed by atoms with E-state index in [1.807, 2.05) is 30.3 Å². The van der Waals surface area contributed by atoms with Crippen molar-refractivity contribution in [1.82, 2.24) is 9.71 Å². The van der Waals surface area contributed by atoms with Gasteiger partial charge in [0.25, 0.3) is 0 Å². The molecule has 7 nitrogen and oxygen atoms in total. The zero-order valence-electron chi connectivity index (χ0n) is 14.6. The average Bonchev–Trinajstić information content (AvgIpc) is 2.96. The summed E-state index contributed by atoms with van der Waals surface area (Å²) in [6.45, 7) is 2.26. The summed E-state index contributed by atoms with van der Waals surface area (Å²) in [6.07, 6.45) is 2.06. The van der Waals surface area contributed by atoms with Crippen LogP contribution < -0.4 is 4.72 Å². The van der Waals surface area contributed by atoms with Crippen LogP contribution in [-0.4, -0.2) is 37.8 Å². The van der Waals surface area contributed by atoms with Crippen molar-refractivity contribution in [2.45, 2.75) is 38.7 Å². The highest BCUT2D eigenvalue weighted by Crippen LogP contribution is 2.21. The van der Waals surface area contributed by atoms with Gasteiger partial charge in [0.2, 0.25) is 21.8 Å². The molecule has 1 atom stereocenters. The molecule has 140 valence electrons.